The Morgan fingerprint density at radius 3 is 2.82 bits per heavy atom. The van der Waals surface area contributed by atoms with Crippen molar-refractivity contribution < 1.29 is 17.9 Å². The normalized spacial score (nSPS) is 12.4. The molecule has 2 aromatic rings. The van der Waals surface area contributed by atoms with Gasteiger partial charge in [-0.05, 0) is 29.3 Å². The van der Waals surface area contributed by atoms with Crippen LogP contribution in [0.4, 0.5) is 4.39 Å². The minimum Gasteiger partial charge on any atom is -0.768 e. The van der Waals surface area contributed by atoms with Gasteiger partial charge in [-0.1, -0.05) is 6.07 Å². The third kappa shape index (κ3) is 2.22. The van der Waals surface area contributed by atoms with E-state index >= 15 is 0 Å². The van der Waals surface area contributed by atoms with Crippen molar-refractivity contribution in [2.45, 2.75) is 4.90 Å². The molecule has 0 aliphatic carbocycles. The summed E-state index contributed by atoms with van der Waals surface area (Å²) in [6.07, 6.45) is 1.34. The molecule has 0 saturated heterocycles. The van der Waals surface area contributed by atoms with Gasteiger partial charge in [-0.15, -0.1) is 0 Å². The van der Waals surface area contributed by atoms with Crippen LogP contribution in [0.3, 0.4) is 0 Å². The van der Waals surface area contributed by atoms with Crippen molar-refractivity contribution in [1.29, 1.82) is 0 Å². The zero-order valence-electron chi connectivity index (χ0n) is 8.90. The molecule has 1 unspecified atom stereocenters. The molecule has 0 aliphatic heterocycles. The van der Waals surface area contributed by atoms with Gasteiger partial charge in [0.25, 0.3) is 0 Å². The minimum absolute atomic E-state index is 0.0811. The lowest BCUT2D eigenvalue weighted by atomic mass is 10.1. The van der Waals surface area contributed by atoms with Crippen LogP contribution in [0.5, 0.6) is 5.75 Å². The number of H-pyrrole nitrogens is 1. The molecule has 2 rings (SSSR count). The van der Waals surface area contributed by atoms with Gasteiger partial charge >= 0.3 is 0 Å². The fourth-order valence-corrected chi connectivity index (χ4v) is 1.92. The van der Waals surface area contributed by atoms with Gasteiger partial charge in [0.05, 0.1) is 12.8 Å². The number of aromatic amines is 1. The zero-order chi connectivity index (χ0) is 12.4. The highest BCUT2D eigenvalue weighted by atomic mass is 32.2. The van der Waals surface area contributed by atoms with E-state index in [4.69, 9.17) is 4.74 Å². The number of para-hydroxylation sites is 1. The molecular weight excluding hydrogens is 245 g/mol. The van der Waals surface area contributed by atoms with Crippen LogP contribution in [-0.2, 0) is 11.1 Å². The van der Waals surface area contributed by atoms with Gasteiger partial charge in [0.1, 0.15) is 0 Å². The number of benzene rings is 1. The van der Waals surface area contributed by atoms with Gasteiger partial charge in [0.2, 0.25) is 0 Å². The average molecular weight is 254 g/mol. The third-order valence-electron chi connectivity index (χ3n) is 2.31. The molecule has 17 heavy (non-hydrogen) atoms. The van der Waals surface area contributed by atoms with Gasteiger partial charge in [-0.25, -0.2) is 4.39 Å². The van der Waals surface area contributed by atoms with Crippen LogP contribution < -0.4 is 4.74 Å². The first-order valence-corrected chi connectivity index (χ1v) is 5.81. The second-order valence-electron chi connectivity index (χ2n) is 3.30. The molecule has 0 fully saturated rings. The van der Waals surface area contributed by atoms with Crippen LogP contribution in [0, 0.1) is 5.82 Å². The Morgan fingerprint density at radius 1 is 1.47 bits per heavy atom. The van der Waals surface area contributed by atoms with Gasteiger partial charge in [0, 0.05) is 16.7 Å². The first kappa shape index (κ1) is 11.8. The molecule has 0 amide bonds. The van der Waals surface area contributed by atoms with Crippen molar-refractivity contribution in [3.05, 3.63) is 36.3 Å². The molecular formula is C11H9FNO3S-. The summed E-state index contributed by atoms with van der Waals surface area (Å²) in [6, 6.07) is 5.87. The third-order valence-corrected chi connectivity index (χ3v) is 2.93. The van der Waals surface area contributed by atoms with Gasteiger partial charge in [-0.2, -0.15) is 0 Å². The lowest BCUT2D eigenvalue weighted by Crippen LogP contribution is -1.91. The summed E-state index contributed by atoms with van der Waals surface area (Å²) in [4.78, 5) is 2.88. The lowest BCUT2D eigenvalue weighted by molar-refractivity contribution is 0.388. The zero-order valence-corrected chi connectivity index (χ0v) is 9.71. The Hall–Kier alpha value is -1.66. The fourth-order valence-electron chi connectivity index (χ4n) is 1.55. The number of rotatable bonds is 3. The van der Waals surface area contributed by atoms with E-state index in [0.29, 0.717) is 11.3 Å². The Labute approximate surface area is 99.7 Å². The highest BCUT2D eigenvalue weighted by Crippen LogP contribution is 2.31. The average Bonchev–Trinajstić information content (AvgIpc) is 2.77. The van der Waals surface area contributed by atoms with Crippen molar-refractivity contribution in [2.24, 2.45) is 0 Å². The number of hydrogen-bond acceptors (Lipinski definition) is 3. The van der Waals surface area contributed by atoms with Crippen molar-refractivity contribution in [1.82, 2.24) is 4.98 Å². The van der Waals surface area contributed by atoms with E-state index in [1.807, 2.05) is 0 Å². The second-order valence-corrected chi connectivity index (χ2v) is 4.25. The second kappa shape index (κ2) is 4.68. The molecule has 1 N–H and O–H groups in total. The predicted molar refractivity (Wildman–Crippen MR) is 59.9 cm³/mol. The van der Waals surface area contributed by atoms with Crippen LogP contribution >= 0.6 is 0 Å². The minimum atomic E-state index is -2.31. The standard InChI is InChI=1S/C11H10FNO3S/c1-16-11-8(3-2-4-9(11)12)10-5-7(6-13-10)17(14)15/h2-6,13H,1H3,(H,14,15)/p-1. The number of ether oxygens (including phenoxy) is 1. The van der Waals surface area contributed by atoms with Crippen molar-refractivity contribution in [3.8, 4) is 17.0 Å². The van der Waals surface area contributed by atoms with Crippen LogP contribution in [0.25, 0.3) is 11.3 Å². The molecule has 0 bridgehead atoms. The highest BCUT2D eigenvalue weighted by molar-refractivity contribution is 7.79. The summed E-state index contributed by atoms with van der Waals surface area (Å²) < 4.78 is 39.9. The maximum Gasteiger partial charge on any atom is 0.165 e. The molecule has 1 atom stereocenters. The molecule has 0 radical (unpaired) electrons. The summed E-state index contributed by atoms with van der Waals surface area (Å²) in [7, 11) is 1.36. The Morgan fingerprint density at radius 2 is 2.24 bits per heavy atom. The summed E-state index contributed by atoms with van der Waals surface area (Å²) in [5.74, 6) is -0.415. The largest absolute Gasteiger partial charge is 0.768 e. The van der Waals surface area contributed by atoms with Crippen LogP contribution in [0.1, 0.15) is 0 Å². The predicted octanol–water partition coefficient (Wildman–Crippen LogP) is 2.07. The smallest absolute Gasteiger partial charge is 0.165 e. The summed E-state index contributed by atoms with van der Waals surface area (Å²) in [5.41, 5.74) is 0.963. The molecule has 1 aromatic carbocycles. The molecule has 1 heterocycles. The molecule has 1 aromatic heterocycles. The van der Waals surface area contributed by atoms with E-state index in [-0.39, 0.29) is 10.6 Å². The first-order chi connectivity index (χ1) is 8.13. The van der Waals surface area contributed by atoms with E-state index in [1.54, 1.807) is 6.07 Å². The summed E-state index contributed by atoms with van der Waals surface area (Å²) >= 11 is -2.31. The van der Waals surface area contributed by atoms with Gasteiger partial charge in [-0.3, -0.25) is 4.21 Å². The molecule has 6 heteroatoms. The van der Waals surface area contributed by atoms with E-state index in [9.17, 15) is 13.2 Å². The van der Waals surface area contributed by atoms with Gasteiger partial charge in [0.15, 0.2) is 11.6 Å². The SMILES string of the molecule is COc1c(F)cccc1-c1cc(S(=O)[O-])c[nH]1. The molecule has 90 valence electrons. The van der Waals surface area contributed by atoms with E-state index in [2.05, 4.69) is 4.98 Å². The fraction of sp³-hybridized carbons (Fsp3) is 0.0909. The number of halogens is 1. The number of hydrogen-bond donors (Lipinski definition) is 1. The van der Waals surface area contributed by atoms with Crippen LogP contribution in [0.15, 0.2) is 35.4 Å². The number of nitrogens with one attached hydrogen (secondary N) is 1. The van der Waals surface area contributed by atoms with Gasteiger partial charge < -0.3 is 14.3 Å². The van der Waals surface area contributed by atoms with Crippen LogP contribution in [-0.4, -0.2) is 20.9 Å². The van der Waals surface area contributed by atoms with Crippen molar-refractivity contribution in [2.75, 3.05) is 7.11 Å². The molecule has 0 spiro atoms. The Balaban J connectivity index is 2.52. The summed E-state index contributed by atoms with van der Waals surface area (Å²) in [6.45, 7) is 0. The molecule has 0 saturated carbocycles. The molecule has 0 aliphatic rings. The van der Waals surface area contributed by atoms with E-state index in [1.165, 1.54) is 31.5 Å². The van der Waals surface area contributed by atoms with E-state index < -0.39 is 16.9 Å². The number of aromatic nitrogens is 1. The Bertz CT molecular complexity index is 568. The van der Waals surface area contributed by atoms with Crippen molar-refractivity contribution in [3.63, 3.8) is 0 Å². The lowest BCUT2D eigenvalue weighted by Gasteiger charge is -2.07. The maximum absolute atomic E-state index is 13.4. The first-order valence-electron chi connectivity index (χ1n) is 4.74. The maximum atomic E-state index is 13.4. The number of methoxy groups -OCH3 is 1. The molecule has 4 nitrogen and oxygen atoms in total. The van der Waals surface area contributed by atoms with E-state index in [0.717, 1.165) is 0 Å². The Kier molecular flexibility index (Phi) is 3.26. The topological polar surface area (TPSA) is 65.2 Å². The quantitative estimate of drug-likeness (QED) is 0.853. The highest BCUT2D eigenvalue weighted by Gasteiger charge is 2.12. The van der Waals surface area contributed by atoms with Crippen LogP contribution in [0.2, 0.25) is 0 Å². The van der Waals surface area contributed by atoms with Crippen molar-refractivity contribution >= 4 is 11.1 Å². The monoisotopic (exact) mass is 254 g/mol. The summed E-state index contributed by atoms with van der Waals surface area (Å²) in [5, 5.41) is 0.